The Kier molecular flexibility index (Phi) is 4.81. The Bertz CT molecular complexity index is 426. The van der Waals surface area contributed by atoms with Crippen molar-refractivity contribution in [2.45, 2.75) is 38.6 Å². The van der Waals surface area contributed by atoms with Crippen molar-refractivity contribution in [3.63, 3.8) is 0 Å². The van der Waals surface area contributed by atoms with Gasteiger partial charge in [-0.25, -0.2) is 0 Å². The minimum absolute atomic E-state index is 0.674. The molecule has 3 rings (SSSR count). The summed E-state index contributed by atoms with van der Waals surface area (Å²) in [5.74, 6) is 0.714. The Morgan fingerprint density at radius 1 is 1.05 bits per heavy atom. The first kappa shape index (κ1) is 14.9. The number of benzene rings is 1. The number of rotatable bonds is 3. The van der Waals surface area contributed by atoms with Crippen LogP contribution >= 0.6 is 0 Å². The molecule has 1 aromatic carbocycles. The Hall–Kier alpha value is -1.06. The number of piperidine rings is 1. The van der Waals surface area contributed by atoms with Gasteiger partial charge in [-0.3, -0.25) is 4.90 Å². The van der Waals surface area contributed by atoms with Gasteiger partial charge in [0.25, 0.3) is 0 Å². The fourth-order valence-corrected chi connectivity index (χ4v) is 3.59. The van der Waals surface area contributed by atoms with Crippen molar-refractivity contribution in [3.05, 3.63) is 29.8 Å². The van der Waals surface area contributed by atoms with E-state index in [1.165, 1.54) is 43.7 Å². The van der Waals surface area contributed by atoms with E-state index >= 15 is 0 Å². The number of piperazine rings is 1. The molecule has 3 heteroatoms. The van der Waals surface area contributed by atoms with Gasteiger partial charge in [0.1, 0.15) is 0 Å². The lowest BCUT2D eigenvalue weighted by Crippen LogP contribution is -2.48. The van der Waals surface area contributed by atoms with Crippen LogP contribution in [0.4, 0.5) is 5.69 Å². The number of nitrogens with zero attached hydrogens (tertiary/aromatic N) is 2. The number of nitrogens with one attached hydrogen (secondary N) is 1. The molecule has 1 N–H and O–H groups in total. The molecule has 2 heterocycles. The zero-order valence-corrected chi connectivity index (χ0v) is 13.5. The van der Waals surface area contributed by atoms with Crippen molar-refractivity contribution in [2.24, 2.45) is 0 Å². The molecule has 0 saturated carbocycles. The van der Waals surface area contributed by atoms with Gasteiger partial charge in [0.2, 0.25) is 0 Å². The topological polar surface area (TPSA) is 18.5 Å². The summed E-state index contributed by atoms with van der Waals surface area (Å²) in [5.41, 5.74) is 2.90. The van der Waals surface area contributed by atoms with Crippen LogP contribution in [0.5, 0.6) is 0 Å². The maximum atomic E-state index is 3.51. The van der Waals surface area contributed by atoms with Gasteiger partial charge in [-0.1, -0.05) is 12.1 Å². The fraction of sp³-hybridized carbons (Fsp3) is 0.667. The van der Waals surface area contributed by atoms with Crippen molar-refractivity contribution >= 4 is 5.69 Å². The second kappa shape index (κ2) is 6.80. The van der Waals surface area contributed by atoms with E-state index in [2.05, 4.69) is 53.2 Å². The molecule has 1 atom stereocenters. The largest absolute Gasteiger partial charge is 0.369 e. The van der Waals surface area contributed by atoms with Gasteiger partial charge in [-0.05, 0) is 56.8 Å². The summed E-state index contributed by atoms with van der Waals surface area (Å²) in [5, 5.41) is 3.51. The quantitative estimate of drug-likeness (QED) is 0.922. The van der Waals surface area contributed by atoms with Gasteiger partial charge in [0, 0.05) is 44.5 Å². The maximum Gasteiger partial charge on any atom is 0.0367 e. The molecular weight excluding hydrogens is 258 g/mol. The van der Waals surface area contributed by atoms with Crippen LogP contribution in [0, 0.1) is 0 Å². The normalized spacial score (nSPS) is 24.5. The molecule has 0 aromatic heterocycles. The Morgan fingerprint density at radius 3 is 2.33 bits per heavy atom. The lowest BCUT2D eigenvalue weighted by Gasteiger charge is -2.38. The predicted octanol–water partition coefficient (Wildman–Crippen LogP) is 2.68. The van der Waals surface area contributed by atoms with Crippen molar-refractivity contribution in [2.75, 3.05) is 44.2 Å². The summed E-state index contributed by atoms with van der Waals surface area (Å²) in [6.45, 7) is 11.6. The minimum Gasteiger partial charge on any atom is -0.369 e. The lowest BCUT2D eigenvalue weighted by atomic mass is 9.91. The van der Waals surface area contributed by atoms with E-state index in [0.717, 1.165) is 19.6 Å². The van der Waals surface area contributed by atoms with Crippen molar-refractivity contribution in [1.82, 2.24) is 10.2 Å². The van der Waals surface area contributed by atoms with E-state index in [1.807, 2.05) is 0 Å². The zero-order chi connectivity index (χ0) is 14.7. The van der Waals surface area contributed by atoms with Crippen LogP contribution in [-0.4, -0.2) is 50.2 Å². The SMILES string of the molecule is CC(C)N1CCN(c2ccc(C3CCCNC3)cc2)CC1. The van der Waals surface area contributed by atoms with Crippen LogP contribution in [0.25, 0.3) is 0 Å². The summed E-state index contributed by atoms with van der Waals surface area (Å²) in [7, 11) is 0. The standard InChI is InChI=1S/C18H29N3/c1-15(2)20-10-12-21(13-11-20)18-7-5-16(6-8-18)17-4-3-9-19-14-17/h5-8,15,17,19H,3-4,9-14H2,1-2H3. The molecular formula is C18H29N3. The molecule has 2 aliphatic rings. The molecule has 2 saturated heterocycles. The van der Waals surface area contributed by atoms with Gasteiger partial charge in [0.05, 0.1) is 0 Å². The van der Waals surface area contributed by atoms with Crippen molar-refractivity contribution in [3.8, 4) is 0 Å². The van der Waals surface area contributed by atoms with Crippen LogP contribution in [0.3, 0.4) is 0 Å². The monoisotopic (exact) mass is 287 g/mol. The van der Waals surface area contributed by atoms with Gasteiger partial charge in [0.15, 0.2) is 0 Å². The number of hydrogen-bond acceptors (Lipinski definition) is 3. The van der Waals surface area contributed by atoms with Gasteiger partial charge < -0.3 is 10.2 Å². The highest BCUT2D eigenvalue weighted by molar-refractivity contribution is 5.48. The number of anilines is 1. The van der Waals surface area contributed by atoms with Gasteiger partial charge in [-0.15, -0.1) is 0 Å². The first-order chi connectivity index (χ1) is 10.2. The summed E-state index contributed by atoms with van der Waals surface area (Å²) in [6, 6.07) is 10.0. The van der Waals surface area contributed by atoms with E-state index in [-0.39, 0.29) is 0 Å². The van der Waals surface area contributed by atoms with E-state index < -0.39 is 0 Å². The molecule has 21 heavy (non-hydrogen) atoms. The third kappa shape index (κ3) is 3.58. The fourth-order valence-electron chi connectivity index (χ4n) is 3.59. The third-order valence-corrected chi connectivity index (χ3v) is 5.07. The first-order valence-electron chi connectivity index (χ1n) is 8.54. The van der Waals surface area contributed by atoms with Gasteiger partial charge >= 0.3 is 0 Å². The molecule has 0 bridgehead atoms. The molecule has 0 spiro atoms. The minimum atomic E-state index is 0.674. The van der Waals surface area contributed by atoms with Crippen LogP contribution in [0.2, 0.25) is 0 Å². The predicted molar refractivity (Wildman–Crippen MR) is 90.2 cm³/mol. The Balaban J connectivity index is 1.59. The summed E-state index contributed by atoms with van der Waals surface area (Å²) < 4.78 is 0. The second-order valence-electron chi connectivity index (χ2n) is 6.75. The van der Waals surface area contributed by atoms with Crippen molar-refractivity contribution in [1.29, 1.82) is 0 Å². The van der Waals surface area contributed by atoms with E-state index in [4.69, 9.17) is 0 Å². The molecule has 0 radical (unpaired) electrons. The zero-order valence-electron chi connectivity index (χ0n) is 13.5. The smallest absolute Gasteiger partial charge is 0.0367 e. The molecule has 116 valence electrons. The van der Waals surface area contributed by atoms with Crippen molar-refractivity contribution < 1.29 is 0 Å². The molecule has 1 aromatic rings. The molecule has 2 aliphatic heterocycles. The van der Waals surface area contributed by atoms with Gasteiger partial charge in [-0.2, -0.15) is 0 Å². The molecule has 0 aliphatic carbocycles. The Labute approximate surface area is 129 Å². The average molecular weight is 287 g/mol. The Morgan fingerprint density at radius 2 is 1.76 bits per heavy atom. The molecule has 3 nitrogen and oxygen atoms in total. The summed E-state index contributed by atoms with van der Waals surface area (Å²) in [4.78, 5) is 5.10. The summed E-state index contributed by atoms with van der Waals surface area (Å²) in [6.07, 6.45) is 2.64. The number of hydrogen-bond donors (Lipinski definition) is 1. The first-order valence-corrected chi connectivity index (χ1v) is 8.54. The maximum absolute atomic E-state index is 3.51. The van der Waals surface area contributed by atoms with E-state index in [9.17, 15) is 0 Å². The molecule has 2 fully saturated rings. The average Bonchev–Trinajstić information content (AvgIpc) is 2.56. The highest BCUT2D eigenvalue weighted by atomic mass is 15.3. The van der Waals surface area contributed by atoms with Crippen LogP contribution in [0.1, 0.15) is 38.2 Å². The highest BCUT2D eigenvalue weighted by Crippen LogP contribution is 2.26. The van der Waals surface area contributed by atoms with E-state index in [0.29, 0.717) is 12.0 Å². The summed E-state index contributed by atoms with van der Waals surface area (Å²) >= 11 is 0. The van der Waals surface area contributed by atoms with E-state index in [1.54, 1.807) is 0 Å². The second-order valence-corrected chi connectivity index (χ2v) is 6.75. The van der Waals surface area contributed by atoms with Crippen LogP contribution < -0.4 is 10.2 Å². The molecule has 1 unspecified atom stereocenters. The highest BCUT2D eigenvalue weighted by Gasteiger charge is 2.19. The van der Waals surface area contributed by atoms with Crippen LogP contribution in [0.15, 0.2) is 24.3 Å². The lowest BCUT2D eigenvalue weighted by molar-refractivity contribution is 0.209. The van der Waals surface area contributed by atoms with Crippen LogP contribution in [-0.2, 0) is 0 Å². The third-order valence-electron chi connectivity index (χ3n) is 5.07. The molecule has 0 amide bonds.